The van der Waals surface area contributed by atoms with E-state index in [0.29, 0.717) is 15.8 Å². The Bertz CT molecular complexity index is 994. The largest absolute Gasteiger partial charge is 0.452 e. The minimum absolute atomic E-state index is 0.146. The number of pyridine rings is 1. The lowest BCUT2D eigenvalue weighted by atomic mass is 10.2. The number of carbonyl (C=O) groups is 2. The summed E-state index contributed by atoms with van der Waals surface area (Å²) in [7, 11) is 0. The number of nitrogens with zero attached hydrogens (tertiary/aromatic N) is 1. The highest BCUT2D eigenvalue weighted by molar-refractivity contribution is 7.14. The second-order valence-corrected chi connectivity index (χ2v) is 6.35. The van der Waals surface area contributed by atoms with Crippen LogP contribution in [-0.4, -0.2) is 28.5 Å². The molecule has 0 radical (unpaired) electrons. The number of rotatable bonds is 5. The van der Waals surface area contributed by atoms with Gasteiger partial charge in [0.2, 0.25) is 5.56 Å². The molecule has 0 saturated carbocycles. The van der Waals surface area contributed by atoms with Crippen molar-refractivity contribution >= 4 is 39.9 Å². The number of esters is 1. The fraction of sp³-hybridized carbons (Fsp3) is 0.0588. The molecule has 3 aromatic rings. The van der Waals surface area contributed by atoms with Gasteiger partial charge in [0.25, 0.3) is 5.91 Å². The molecule has 26 heavy (non-hydrogen) atoms. The van der Waals surface area contributed by atoms with Crippen LogP contribution < -0.4 is 10.9 Å². The van der Waals surface area contributed by atoms with Crippen LogP contribution in [0.3, 0.4) is 0 Å². The third-order valence-electron chi connectivity index (χ3n) is 3.25. The van der Waals surface area contributed by atoms with Crippen molar-refractivity contribution < 1.29 is 14.3 Å². The standard InChI is InChI=1S/C17H12ClN3O4S/c18-12-4-2-1-3-11(12)13-9-26-17(20-13)21-15(23)8-25-16(24)10-5-6-14(22)19-7-10/h1-7,9H,8H2,(H,19,22)(H,20,21,23). The molecule has 0 saturated heterocycles. The number of carbonyl (C=O) groups excluding carboxylic acids is 2. The van der Waals surface area contributed by atoms with Gasteiger partial charge in [0.05, 0.1) is 11.3 Å². The van der Waals surface area contributed by atoms with Gasteiger partial charge in [0.1, 0.15) is 0 Å². The lowest BCUT2D eigenvalue weighted by Gasteiger charge is -2.04. The Hall–Kier alpha value is -2.97. The molecule has 9 heteroatoms. The first-order valence-electron chi connectivity index (χ1n) is 7.39. The number of ether oxygens (including phenoxy) is 1. The Morgan fingerprint density at radius 3 is 2.77 bits per heavy atom. The Balaban J connectivity index is 1.57. The number of benzene rings is 1. The van der Waals surface area contributed by atoms with Crippen molar-refractivity contribution in [2.45, 2.75) is 0 Å². The molecule has 1 aromatic carbocycles. The molecule has 7 nitrogen and oxygen atoms in total. The zero-order chi connectivity index (χ0) is 18.5. The monoisotopic (exact) mass is 389 g/mol. The molecule has 0 spiro atoms. The van der Waals surface area contributed by atoms with E-state index in [1.165, 1.54) is 29.7 Å². The summed E-state index contributed by atoms with van der Waals surface area (Å²) in [5.74, 6) is -1.24. The number of aromatic amines is 1. The smallest absolute Gasteiger partial charge is 0.340 e. The Morgan fingerprint density at radius 1 is 1.23 bits per heavy atom. The van der Waals surface area contributed by atoms with Gasteiger partial charge in [-0.1, -0.05) is 29.8 Å². The van der Waals surface area contributed by atoms with Crippen LogP contribution in [0.25, 0.3) is 11.3 Å². The summed E-state index contributed by atoms with van der Waals surface area (Å²) < 4.78 is 4.90. The number of aromatic nitrogens is 2. The SMILES string of the molecule is O=C(COC(=O)c1ccc(=O)[nH]c1)Nc1nc(-c2ccccc2Cl)cs1. The fourth-order valence-corrected chi connectivity index (χ4v) is 2.99. The van der Waals surface area contributed by atoms with Crippen LogP contribution in [0.15, 0.2) is 52.8 Å². The molecule has 0 unspecified atom stereocenters. The zero-order valence-electron chi connectivity index (χ0n) is 13.2. The number of anilines is 1. The van der Waals surface area contributed by atoms with E-state index in [2.05, 4.69) is 15.3 Å². The van der Waals surface area contributed by atoms with Gasteiger partial charge in [-0.05, 0) is 12.1 Å². The number of halogens is 1. The fourth-order valence-electron chi connectivity index (χ4n) is 2.03. The van der Waals surface area contributed by atoms with Gasteiger partial charge in [-0.15, -0.1) is 11.3 Å². The topological polar surface area (TPSA) is 101 Å². The van der Waals surface area contributed by atoms with Crippen LogP contribution in [0.4, 0.5) is 5.13 Å². The van der Waals surface area contributed by atoms with Gasteiger partial charge in [-0.3, -0.25) is 14.9 Å². The minimum atomic E-state index is -0.715. The molecule has 132 valence electrons. The molecular formula is C17H12ClN3O4S. The second-order valence-electron chi connectivity index (χ2n) is 5.08. The van der Waals surface area contributed by atoms with Crippen LogP contribution in [0.2, 0.25) is 5.02 Å². The van der Waals surface area contributed by atoms with Crippen molar-refractivity contribution in [2.75, 3.05) is 11.9 Å². The number of amides is 1. The van der Waals surface area contributed by atoms with E-state index in [4.69, 9.17) is 16.3 Å². The normalized spacial score (nSPS) is 10.3. The highest BCUT2D eigenvalue weighted by Crippen LogP contribution is 2.30. The van der Waals surface area contributed by atoms with Gasteiger partial charge in [0.15, 0.2) is 11.7 Å². The maximum absolute atomic E-state index is 11.9. The van der Waals surface area contributed by atoms with E-state index >= 15 is 0 Å². The van der Waals surface area contributed by atoms with Crippen molar-refractivity contribution in [3.05, 3.63) is 68.9 Å². The maximum Gasteiger partial charge on any atom is 0.340 e. The molecule has 0 aliphatic heterocycles. The molecule has 0 atom stereocenters. The van der Waals surface area contributed by atoms with E-state index in [9.17, 15) is 14.4 Å². The van der Waals surface area contributed by atoms with Crippen molar-refractivity contribution in [1.82, 2.24) is 9.97 Å². The van der Waals surface area contributed by atoms with E-state index < -0.39 is 18.5 Å². The molecule has 1 amide bonds. The van der Waals surface area contributed by atoms with E-state index in [0.717, 1.165) is 5.56 Å². The summed E-state index contributed by atoms with van der Waals surface area (Å²) >= 11 is 7.36. The van der Waals surface area contributed by atoms with Gasteiger partial charge >= 0.3 is 5.97 Å². The van der Waals surface area contributed by atoms with Crippen LogP contribution in [0, 0.1) is 0 Å². The highest BCUT2D eigenvalue weighted by atomic mass is 35.5. The number of hydrogen-bond acceptors (Lipinski definition) is 6. The Morgan fingerprint density at radius 2 is 2.04 bits per heavy atom. The summed E-state index contributed by atoms with van der Waals surface area (Å²) in [6.07, 6.45) is 1.22. The highest BCUT2D eigenvalue weighted by Gasteiger charge is 2.13. The summed E-state index contributed by atoms with van der Waals surface area (Å²) in [5.41, 5.74) is 1.21. The van der Waals surface area contributed by atoms with Crippen molar-refractivity contribution in [1.29, 1.82) is 0 Å². The minimum Gasteiger partial charge on any atom is -0.452 e. The third kappa shape index (κ3) is 4.35. The number of thiazole rings is 1. The number of nitrogens with one attached hydrogen (secondary N) is 2. The van der Waals surface area contributed by atoms with E-state index in [1.54, 1.807) is 11.4 Å². The molecule has 0 aliphatic carbocycles. The predicted octanol–water partition coefficient (Wildman–Crippen LogP) is 2.95. The third-order valence-corrected chi connectivity index (χ3v) is 4.34. The van der Waals surface area contributed by atoms with Crippen LogP contribution in [0.5, 0.6) is 0 Å². The van der Waals surface area contributed by atoms with Crippen LogP contribution in [0.1, 0.15) is 10.4 Å². The predicted molar refractivity (Wildman–Crippen MR) is 98.5 cm³/mol. The first-order valence-corrected chi connectivity index (χ1v) is 8.65. The Labute approximate surface area is 156 Å². The van der Waals surface area contributed by atoms with Crippen LogP contribution >= 0.6 is 22.9 Å². The molecule has 3 rings (SSSR count). The summed E-state index contributed by atoms with van der Waals surface area (Å²) in [5, 5.41) is 5.25. The van der Waals surface area contributed by atoms with E-state index in [1.807, 2.05) is 18.2 Å². The zero-order valence-corrected chi connectivity index (χ0v) is 14.8. The molecule has 0 bridgehead atoms. The summed E-state index contributed by atoms with van der Waals surface area (Å²) in [4.78, 5) is 41.3. The van der Waals surface area contributed by atoms with Crippen LogP contribution in [-0.2, 0) is 9.53 Å². The van der Waals surface area contributed by atoms with Gasteiger partial charge < -0.3 is 9.72 Å². The Kier molecular flexibility index (Phi) is 5.45. The first kappa shape index (κ1) is 17.8. The van der Waals surface area contributed by atoms with Crippen molar-refractivity contribution in [2.24, 2.45) is 0 Å². The average Bonchev–Trinajstić information content (AvgIpc) is 3.09. The molecule has 2 aromatic heterocycles. The lowest BCUT2D eigenvalue weighted by Crippen LogP contribution is -2.21. The summed E-state index contributed by atoms with van der Waals surface area (Å²) in [6, 6.07) is 9.75. The van der Waals surface area contributed by atoms with Gasteiger partial charge in [-0.25, -0.2) is 9.78 Å². The van der Waals surface area contributed by atoms with Gasteiger partial charge in [-0.2, -0.15) is 0 Å². The first-order chi connectivity index (χ1) is 12.5. The van der Waals surface area contributed by atoms with Gasteiger partial charge in [0, 0.05) is 28.2 Å². The second kappa shape index (κ2) is 7.94. The van der Waals surface area contributed by atoms with Crippen molar-refractivity contribution in [3.63, 3.8) is 0 Å². The quantitative estimate of drug-likeness (QED) is 0.653. The van der Waals surface area contributed by atoms with Crippen molar-refractivity contribution in [3.8, 4) is 11.3 Å². The lowest BCUT2D eigenvalue weighted by molar-refractivity contribution is -0.119. The number of hydrogen-bond donors (Lipinski definition) is 2. The summed E-state index contributed by atoms with van der Waals surface area (Å²) in [6.45, 7) is -0.473. The molecule has 2 N–H and O–H groups in total. The number of H-pyrrole nitrogens is 1. The molecular weight excluding hydrogens is 378 g/mol. The maximum atomic E-state index is 11.9. The molecule has 0 aliphatic rings. The molecule has 0 fully saturated rings. The van der Waals surface area contributed by atoms with E-state index in [-0.39, 0.29) is 11.1 Å². The average molecular weight is 390 g/mol. The molecule has 2 heterocycles.